The van der Waals surface area contributed by atoms with Gasteiger partial charge in [-0.2, -0.15) is 0 Å². The lowest BCUT2D eigenvalue weighted by atomic mass is 10.0. The van der Waals surface area contributed by atoms with Crippen LogP contribution >= 0.6 is 0 Å². The maximum absolute atomic E-state index is 12.4. The third-order valence-electron chi connectivity index (χ3n) is 3.54. The molecule has 1 N–H and O–H groups in total. The zero-order chi connectivity index (χ0) is 20.0. The SMILES string of the molecule is CC(=O)OCC(=O)[C@H](Cc1ccc2c(c1)OCCO2)NC(=O)OC(C)(C)C. The largest absolute Gasteiger partial charge is 0.486 e. The van der Waals surface area contributed by atoms with Crippen molar-refractivity contribution in [3.63, 3.8) is 0 Å². The fourth-order valence-electron chi connectivity index (χ4n) is 2.42. The molecule has 0 bridgehead atoms. The minimum Gasteiger partial charge on any atom is -0.486 e. The van der Waals surface area contributed by atoms with Crippen molar-refractivity contribution in [2.45, 2.75) is 45.8 Å². The van der Waals surface area contributed by atoms with E-state index in [0.29, 0.717) is 24.7 Å². The second kappa shape index (κ2) is 8.75. The van der Waals surface area contributed by atoms with Gasteiger partial charge in [0.1, 0.15) is 18.8 Å². The van der Waals surface area contributed by atoms with Crippen LogP contribution in [0.3, 0.4) is 0 Å². The molecule has 1 aliphatic rings. The smallest absolute Gasteiger partial charge is 0.408 e. The van der Waals surface area contributed by atoms with E-state index in [1.165, 1.54) is 6.92 Å². The Balaban J connectivity index is 2.12. The molecule has 0 aromatic heterocycles. The van der Waals surface area contributed by atoms with Gasteiger partial charge in [0.2, 0.25) is 0 Å². The van der Waals surface area contributed by atoms with Gasteiger partial charge in [0.05, 0.1) is 6.04 Å². The predicted octanol–water partition coefficient (Wildman–Crippen LogP) is 2.03. The second-order valence-corrected chi connectivity index (χ2v) is 7.13. The van der Waals surface area contributed by atoms with E-state index in [4.69, 9.17) is 18.9 Å². The third kappa shape index (κ3) is 6.80. The Hall–Kier alpha value is -2.77. The number of hydrogen-bond donors (Lipinski definition) is 1. The molecular weight excluding hydrogens is 354 g/mol. The summed E-state index contributed by atoms with van der Waals surface area (Å²) in [7, 11) is 0. The highest BCUT2D eigenvalue weighted by atomic mass is 16.6. The first-order valence-corrected chi connectivity index (χ1v) is 8.68. The molecule has 0 aliphatic carbocycles. The molecule has 0 spiro atoms. The van der Waals surface area contributed by atoms with Crippen LogP contribution in [0.5, 0.6) is 11.5 Å². The summed E-state index contributed by atoms with van der Waals surface area (Å²) in [6, 6.07) is 4.39. The van der Waals surface area contributed by atoms with Crippen molar-refractivity contribution < 1.29 is 33.3 Å². The lowest BCUT2D eigenvalue weighted by molar-refractivity contribution is -0.146. The summed E-state index contributed by atoms with van der Waals surface area (Å²) in [4.78, 5) is 35.5. The Bertz CT molecular complexity index is 708. The first-order chi connectivity index (χ1) is 12.6. The van der Waals surface area contributed by atoms with Crippen molar-refractivity contribution >= 4 is 17.8 Å². The number of fused-ring (bicyclic) bond motifs is 1. The molecule has 0 saturated carbocycles. The van der Waals surface area contributed by atoms with Crippen molar-refractivity contribution in [1.29, 1.82) is 0 Å². The summed E-state index contributed by atoms with van der Waals surface area (Å²) in [5.41, 5.74) is 0.0568. The van der Waals surface area contributed by atoms with Crippen LogP contribution in [0.25, 0.3) is 0 Å². The van der Waals surface area contributed by atoms with Gasteiger partial charge in [-0.15, -0.1) is 0 Å². The number of carbonyl (C=O) groups excluding carboxylic acids is 3. The normalized spacial score (nSPS) is 14.1. The molecule has 1 aromatic rings. The van der Waals surface area contributed by atoms with Gasteiger partial charge < -0.3 is 24.3 Å². The maximum atomic E-state index is 12.4. The van der Waals surface area contributed by atoms with E-state index in [-0.39, 0.29) is 6.42 Å². The van der Waals surface area contributed by atoms with Crippen LogP contribution in [0.4, 0.5) is 4.79 Å². The summed E-state index contributed by atoms with van der Waals surface area (Å²) >= 11 is 0. The van der Waals surface area contributed by atoms with E-state index in [1.807, 2.05) is 0 Å². The molecule has 148 valence electrons. The van der Waals surface area contributed by atoms with E-state index < -0.39 is 36.1 Å². The fraction of sp³-hybridized carbons (Fsp3) is 0.526. The fourth-order valence-corrected chi connectivity index (χ4v) is 2.42. The van der Waals surface area contributed by atoms with Crippen LogP contribution in [0.2, 0.25) is 0 Å². The number of benzene rings is 1. The molecule has 1 amide bonds. The number of esters is 1. The average Bonchev–Trinajstić information content (AvgIpc) is 2.57. The molecule has 8 nitrogen and oxygen atoms in total. The van der Waals surface area contributed by atoms with Gasteiger partial charge in [-0.3, -0.25) is 9.59 Å². The molecule has 8 heteroatoms. The molecule has 0 radical (unpaired) electrons. The Morgan fingerprint density at radius 1 is 1.15 bits per heavy atom. The van der Waals surface area contributed by atoms with E-state index in [2.05, 4.69) is 5.32 Å². The minimum absolute atomic E-state index is 0.190. The number of ether oxygens (including phenoxy) is 4. The molecule has 0 saturated heterocycles. The monoisotopic (exact) mass is 379 g/mol. The van der Waals surface area contributed by atoms with Crippen molar-refractivity contribution in [2.24, 2.45) is 0 Å². The highest BCUT2D eigenvalue weighted by Crippen LogP contribution is 2.31. The van der Waals surface area contributed by atoms with Gasteiger partial charge >= 0.3 is 12.1 Å². The van der Waals surface area contributed by atoms with Gasteiger partial charge in [-0.25, -0.2) is 4.79 Å². The number of nitrogens with one attached hydrogen (secondary N) is 1. The number of rotatable bonds is 6. The minimum atomic E-state index is -0.915. The van der Waals surface area contributed by atoms with Crippen LogP contribution in [-0.4, -0.2) is 49.3 Å². The zero-order valence-electron chi connectivity index (χ0n) is 16.0. The number of carbonyl (C=O) groups is 3. The van der Waals surface area contributed by atoms with E-state index in [1.54, 1.807) is 39.0 Å². The first-order valence-electron chi connectivity index (χ1n) is 8.68. The molecular formula is C19H25NO7. The van der Waals surface area contributed by atoms with Gasteiger partial charge in [-0.1, -0.05) is 6.07 Å². The van der Waals surface area contributed by atoms with Gasteiger partial charge in [-0.05, 0) is 38.5 Å². The summed E-state index contributed by atoms with van der Waals surface area (Å²) in [5, 5.41) is 2.55. The van der Waals surface area contributed by atoms with Gasteiger partial charge in [0.15, 0.2) is 23.9 Å². The van der Waals surface area contributed by atoms with Crippen LogP contribution < -0.4 is 14.8 Å². The number of alkyl carbamates (subject to hydrolysis) is 1. The van der Waals surface area contributed by atoms with Crippen molar-refractivity contribution in [2.75, 3.05) is 19.8 Å². The molecule has 1 atom stereocenters. The number of Topliss-reactive ketones (excluding diaryl/α,β-unsaturated/α-hetero) is 1. The lowest BCUT2D eigenvalue weighted by Crippen LogP contribution is -2.46. The Morgan fingerprint density at radius 2 is 1.81 bits per heavy atom. The van der Waals surface area contributed by atoms with E-state index >= 15 is 0 Å². The van der Waals surface area contributed by atoms with E-state index in [0.717, 1.165) is 5.56 Å². The van der Waals surface area contributed by atoms with Crippen LogP contribution in [0, 0.1) is 0 Å². The number of amides is 1. The maximum Gasteiger partial charge on any atom is 0.408 e. The standard InChI is InChI=1S/C19H25NO7/c1-12(21)26-11-15(22)14(20-18(23)27-19(2,3)4)9-13-5-6-16-17(10-13)25-8-7-24-16/h5-6,10,14H,7-9,11H2,1-4H3,(H,20,23)/t14-/m0/s1. The first kappa shape index (κ1) is 20.5. The Labute approximate surface area is 158 Å². The quantitative estimate of drug-likeness (QED) is 0.755. The summed E-state index contributed by atoms with van der Waals surface area (Å²) in [5.74, 6) is 0.208. The highest BCUT2D eigenvalue weighted by molar-refractivity contribution is 5.89. The summed E-state index contributed by atoms with van der Waals surface area (Å²) in [6.45, 7) is 6.89. The van der Waals surface area contributed by atoms with Crippen LogP contribution in [0.15, 0.2) is 18.2 Å². The number of ketones is 1. The molecule has 1 aromatic carbocycles. The van der Waals surface area contributed by atoms with Gasteiger partial charge in [0, 0.05) is 13.3 Å². The average molecular weight is 379 g/mol. The lowest BCUT2D eigenvalue weighted by Gasteiger charge is -2.24. The Kier molecular flexibility index (Phi) is 6.65. The van der Waals surface area contributed by atoms with Gasteiger partial charge in [0.25, 0.3) is 0 Å². The number of hydrogen-bond acceptors (Lipinski definition) is 7. The summed E-state index contributed by atoms with van der Waals surface area (Å²) < 4.78 is 21.0. The van der Waals surface area contributed by atoms with Crippen LogP contribution in [-0.2, 0) is 25.5 Å². The van der Waals surface area contributed by atoms with Crippen molar-refractivity contribution in [1.82, 2.24) is 5.32 Å². The molecule has 0 fully saturated rings. The predicted molar refractivity (Wildman–Crippen MR) is 95.9 cm³/mol. The highest BCUT2D eigenvalue weighted by Gasteiger charge is 2.26. The molecule has 0 unspecified atom stereocenters. The van der Waals surface area contributed by atoms with Crippen molar-refractivity contribution in [3.05, 3.63) is 23.8 Å². The topological polar surface area (TPSA) is 100 Å². The molecule has 1 aliphatic heterocycles. The van der Waals surface area contributed by atoms with E-state index in [9.17, 15) is 14.4 Å². The molecule has 27 heavy (non-hydrogen) atoms. The third-order valence-corrected chi connectivity index (χ3v) is 3.54. The Morgan fingerprint density at radius 3 is 2.44 bits per heavy atom. The van der Waals surface area contributed by atoms with Crippen molar-refractivity contribution in [3.8, 4) is 11.5 Å². The molecule has 2 rings (SSSR count). The zero-order valence-corrected chi connectivity index (χ0v) is 16.0. The molecule has 1 heterocycles. The second-order valence-electron chi connectivity index (χ2n) is 7.13. The summed E-state index contributed by atoms with van der Waals surface area (Å²) in [6.07, 6.45) is -0.531. The van der Waals surface area contributed by atoms with Crippen LogP contribution in [0.1, 0.15) is 33.3 Å².